The molecule has 0 unspecified atom stereocenters. The van der Waals surface area contributed by atoms with E-state index in [1.807, 2.05) is 0 Å². The fraction of sp³-hybridized carbons (Fsp3) is 0.308. The van der Waals surface area contributed by atoms with E-state index in [0.717, 1.165) is 13.0 Å². The third-order valence-corrected chi connectivity index (χ3v) is 3.40. The molecule has 3 nitrogen and oxygen atoms in total. The predicted octanol–water partition coefficient (Wildman–Crippen LogP) is 2.71. The van der Waals surface area contributed by atoms with Crippen LogP contribution < -0.4 is 5.73 Å². The lowest BCUT2D eigenvalue weighted by atomic mass is 10.1. The van der Waals surface area contributed by atoms with Crippen molar-refractivity contribution in [2.75, 3.05) is 18.8 Å². The first kappa shape index (κ1) is 12.0. The first-order valence-electron chi connectivity index (χ1n) is 5.58. The number of rotatable bonds is 1. The van der Waals surface area contributed by atoms with Crippen molar-refractivity contribution in [3.8, 4) is 0 Å². The SMILES string of the molecule is CC1=CCN(C(=O)c2cccc(N)c2Cl)CC1. The molecule has 4 heteroatoms. The van der Waals surface area contributed by atoms with Gasteiger partial charge in [0.05, 0.1) is 16.3 Å². The maximum Gasteiger partial charge on any atom is 0.255 e. The number of benzene rings is 1. The Labute approximate surface area is 106 Å². The summed E-state index contributed by atoms with van der Waals surface area (Å²) in [5.74, 6) is -0.0500. The highest BCUT2D eigenvalue weighted by atomic mass is 35.5. The summed E-state index contributed by atoms with van der Waals surface area (Å²) in [6.07, 6.45) is 2.99. The Balaban J connectivity index is 2.23. The molecule has 0 radical (unpaired) electrons. The first-order valence-corrected chi connectivity index (χ1v) is 5.96. The maximum atomic E-state index is 12.2. The summed E-state index contributed by atoms with van der Waals surface area (Å²) in [5, 5.41) is 0.351. The molecule has 0 atom stereocenters. The van der Waals surface area contributed by atoms with Gasteiger partial charge in [-0.25, -0.2) is 0 Å². The monoisotopic (exact) mass is 250 g/mol. The molecule has 1 aromatic rings. The molecule has 1 aliphatic heterocycles. The zero-order valence-corrected chi connectivity index (χ0v) is 10.5. The lowest BCUT2D eigenvalue weighted by Crippen LogP contribution is -2.34. The van der Waals surface area contributed by atoms with Crippen molar-refractivity contribution in [2.24, 2.45) is 0 Å². The number of nitrogens with zero attached hydrogens (tertiary/aromatic N) is 1. The minimum absolute atomic E-state index is 0.0500. The Morgan fingerprint density at radius 1 is 1.47 bits per heavy atom. The summed E-state index contributed by atoms with van der Waals surface area (Å²) in [6.45, 7) is 3.47. The van der Waals surface area contributed by atoms with E-state index in [0.29, 0.717) is 22.8 Å². The molecular weight excluding hydrogens is 236 g/mol. The van der Waals surface area contributed by atoms with Crippen molar-refractivity contribution in [3.63, 3.8) is 0 Å². The molecule has 0 saturated heterocycles. The highest BCUT2D eigenvalue weighted by Gasteiger charge is 2.20. The van der Waals surface area contributed by atoms with Gasteiger partial charge >= 0.3 is 0 Å². The average Bonchev–Trinajstić information content (AvgIpc) is 2.33. The van der Waals surface area contributed by atoms with Gasteiger partial charge in [-0.15, -0.1) is 0 Å². The summed E-state index contributed by atoms with van der Waals surface area (Å²) in [6, 6.07) is 5.16. The van der Waals surface area contributed by atoms with Crippen LogP contribution in [0.3, 0.4) is 0 Å². The number of hydrogen-bond donors (Lipinski definition) is 1. The van der Waals surface area contributed by atoms with Gasteiger partial charge in [0.15, 0.2) is 0 Å². The maximum absolute atomic E-state index is 12.2. The van der Waals surface area contributed by atoms with Crippen LogP contribution in [0.15, 0.2) is 29.8 Å². The van der Waals surface area contributed by atoms with E-state index in [-0.39, 0.29) is 5.91 Å². The second-order valence-corrected chi connectivity index (χ2v) is 4.64. The smallest absolute Gasteiger partial charge is 0.255 e. The Morgan fingerprint density at radius 2 is 2.24 bits per heavy atom. The van der Waals surface area contributed by atoms with Gasteiger partial charge in [-0.3, -0.25) is 4.79 Å². The van der Waals surface area contributed by atoms with Crippen LogP contribution in [0.25, 0.3) is 0 Å². The lowest BCUT2D eigenvalue weighted by molar-refractivity contribution is 0.0769. The van der Waals surface area contributed by atoms with Crippen LogP contribution in [-0.2, 0) is 0 Å². The van der Waals surface area contributed by atoms with E-state index in [4.69, 9.17) is 17.3 Å². The highest BCUT2D eigenvalue weighted by molar-refractivity contribution is 6.36. The van der Waals surface area contributed by atoms with E-state index in [1.54, 1.807) is 23.1 Å². The molecule has 2 rings (SSSR count). The molecule has 0 aromatic heterocycles. The topological polar surface area (TPSA) is 46.3 Å². The number of anilines is 1. The van der Waals surface area contributed by atoms with Gasteiger partial charge in [-0.05, 0) is 25.5 Å². The molecule has 0 bridgehead atoms. The van der Waals surface area contributed by atoms with Crippen LogP contribution in [-0.4, -0.2) is 23.9 Å². The number of nitrogens with two attached hydrogens (primary N) is 1. The van der Waals surface area contributed by atoms with Crippen molar-refractivity contribution < 1.29 is 4.79 Å². The van der Waals surface area contributed by atoms with Crippen LogP contribution in [0.2, 0.25) is 5.02 Å². The normalized spacial score (nSPS) is 15.6. The summed E-state index contributed by atoms with van der Waals surface area (Å²) in [5.41, 5.74) is 7.95. The van der Waals surface area contributed by atoms with Crippen LogP contribution in [0.4, 0.5) is 5.69 Å². The fourth-order valence-electron chi connectivity index (χ4n) is 1.84. The Hall–Kier alpha value is -1.48. The van der Waals surface area contributed by atoms with Gasteiger partial charge in [0, 0.05) is 13.1 Å². The molecule has 1 amide bonds. The number of amides is 1. The van der Waals surface area contributed by atoms with E-state index in [2.05, 4.69) is 13.0 Å². The van der Waals surface area contributed by atoms with Crippen LogP contribution in [0.5, 0.6) is 0 Å². The summed E-state index contributed by atoms with van der Waals surface area (Å²) < 4.78 is 0. The van der Waals surface area contributed by atoms with E-state index < -0.39 is 0 Å². The largest absolute Gasteiger partial charge is 0.398 e. The fourth-order valence-corrected chi connectivity index (χ4v) is 2.05. The van der Waals surface area contributed by atoms with Gasteiger partial charge in [0.1, 0.15) is 0 Å². The quantitative estimate of drug-likeness (QED) is 0.615. The second kappa shape index (κ2) is 4.80. The second-order valence-electron chi connectivity index (χ2n) is 4.26. The van der Waals surface area contributed by atoms with Gasteiger partial charge in [0.25, 0.3) is 5.91 Å². The lowest BCUT2D eigenvalue weighted by Gasteiger charge is -2.26. The van der Waals surface area contributed by atoms with Crippen LogP contribution in [0.1, 0.15) is 23.7 Å². The minimum atomic E-state index is -0.0500. The molecule has 1 aromatic carbocycles. The molecule has 0 spiro atoms. The number of hydrogen-bond acceptors (Lipinski definition) is 2. The molecule has 0 aliphatic carbocycles. The molecular formula is C13H15ClN2O. The molecule has 0 fully saturated rings. The molecule has 90 valence electrons. The van der Waals surface area contributed by atoms with Crippen molar-refractivity contribution in [3.05, 3.63) is 40.4 Å². The summed E-state index contributed by atoms with van der Waals surface area (Å²) in [4.78, 5) is 14.0. The van der Waals surface area contributed by atoms with Crippen molar-refractivity contribution in [2.45, 2.75) is 13.3 Å². The third-order valence-electron chi connectivity index (χ3n) is 2.98. The Bertz CT molecular complexity index is 482. The standard InChI is InChI=1S/C13H15ClN2O/c1-9-5-7-16(8-6-9)13(17)10-3-2-4-11(15)12(10)14/h2-5H,6-8,15H2,1H3. The number of carbonyl (C=O) groups is 1. The Morgan fingerprint density at radius 3 is 2.88 bits per heavy atom. The van der Waals surface area contributed by atoms with Gasteiger partial charge < -0.3 is 10.6 Å². The van der Waals surface area contributed by atoms with Crippen LogP contribution >= 0.6 is 11.6 Å². The third kappa shape index (κ3) is 2.44. The van der Waals surface area contributed by atoms with Crippen LogP contribution in [0, 0.1) is 0 Å². The molecule has 1 aliphatic rings. The van der Waals surface area contributed by atoms with Crippen molar-refractivity contribution >= 4 is 23.2 Å². The van der Waals surface area contributed by atoms with Gasteiger partial charge in [-0.2, -0.15) is 0 Å². The highest BCUT2D eigenvalue weighted by Crippen LogP contribution is 2.25. The molecule has 0 saturated carbocycles. The van der Waals surface area contributed by atoms with E-state index >= 15 is 0 Å². The van der Waals surface area contributed by atoms with Gasteiger partial charge in [-0.1, -0.05) is 29.3 Å². The number of halogens is 1. The summed E-state index contributed by atoms with van der Waals surface area (Å²) in [7, 11) is 0. The minimum Gasteiger partial charge on any atom is -0.398 e. The average molecular weight is 251 g/mol. The molecule has 2 N–H and O–H groups in total. The van der Waals surface area contributed by atoms with Crippen molar-refractivity contribution in [1.29, 1.82) is 0 Å². The number of nitrogen functional groups attached to an aromatic ring is 1. The predicted molar refractivity (Wildman–Crippen MR) is 70.1 cm³/mol. The van der Waals surface area contributed by atoms with Crippen molar-refractivity contribution in [1.82, 2.24) is 4.90 Å². The van der Waals surface area contributed by atoms with E-state index in [1.165, 1.54) is 5.57 Å². The zero-order valence-electron chi connectivity index (χ0n) is 9.74. The van der Waals surface area contributed by atoms with Gasteiger partial charge in [0.2, 0.25) is 0 Å². The molecule has 17 heavy (non-hydrogen) atoms. The zero-order chi connectivity index (χ0) is 12.4. The molecule has 1 heterocycles. The first-order chi connectivity index (χ1) is 8.09. The summed E-state index contributed by atoms with van der Waals surface area (Å²) >= 11 is 6.05. The van der Waals surface area contributed by atoms with E-state index in [9.17, 15) is 4.79 Å². The number of carbonyl (C=O) groups excluding carboxylic acids is 1. The Kier molecular flexibility index (Phi) is 3.38.